The number of nitrogens with one attached hydrogen (secondary N) is 1. The topological polar surface area (TPSA) is 190 Å². The van der Waals surface area contributed by atoms with E-state index in [1.165, 1.54) is 0 Å². The summed E-state index contributed by atoms with van der Waals surface area (Å²) in [5.74, 6) is -4.73. The van der Waals surface area contributed by atoms with Crippen molar-refractivity contribution in [1.82, 2.24) is 5.32 Å². The molecule has 10 nitrogen and oxygen atoms in total. The van der Waals surface area contributed by atoms with E-state index < -0.39 is 41.6 Å². The number of rotatable bonds is 18. The molecule has 3 atom stereocenters. The first-order valence-corrected chi connectivity index (χ1v) is 15.1. The molecule has 0 aliphatic rings. The van der Waals surface area contributed by atoms with E-state index in [9.17, 15) is 29.1 Å². The molecule has 7 N–H and O–H groups in total. The van der Waals surface area contributed by atoms with Crippen molar-refractivity contribution in [3.05, 3.63) is 69.2 Å². The molecule has 0 aliphatic carbocycles. The van der Waals surface area contributed by atoms with Crippen molar-refractivity contribution < 1.29 is 34.2 Å². The van der Waals surface area contributed by atoms with Crippen LogP contribution < -0.4 is 16.8 Å². The van der Waals surface area contributed by atoms with Gasteiger partial charge in [-0.15, -0.1) is 0 Å². The molecule has 2 aromatic carbocycles. The summed E-state index contributed by atoms with van der Waals surface area (Å²) >= 11 is 13.5. The Labute approximate surface area is 258 Å². The molecule has 42 heavy (non-hydrogen) atoms. The number of hydrogen-bond acceptors (Lipinski definition) is 8. The Kier molecular flexibility index (Phi) is 15.0. The molecule has 2 rings (SSSR count). The number of benzene rings is 2. The summed E-state index contributed by atoms with van der Waals surface area (Å²) in [6.45, 7) is 0.260. The largest absolute Gasteiger partial charge is 0.481 e. The Morgan fingerprint density at radius 2 is 1.55 bits per heavy atom. The molecule has 0 saturated carbocycles. The molecule has 1 amide bonds. The molecular formula is C29H35Cl2N3O7S. The zero-order valence-electron chi connectivity index (χ0n) is 22.9. The number of carboxylic acids is 2. The van der Waals surface area contributed by atoms with Crippen LogP contribution in [0.4, 0.5) is 0 Å². The van der Waals surface area contributed by atoms with Crippen LogP contribution in [0.2, 0.25) is 10.0 Å². The van der Waals surface area contributed by atoms with Crippen LogP contribution in [0, 0.1) is 5.92 Å². The van der Waals surface area contributed by atoms with Gasteiger partial charge in [-0.25, -0.2) is 0 Å². The van der Waals surface area contributed by atoms with E-state index in [0.29, 0.717) is 22.9 Å². The number of carbonyl (C=O) groups excluding carboxylic acids is 3. The van der Waals surface area contributed by atoms with Crippen molar-refractivity contribution in [1.29, 1.82) is 0 Å². The molecule has 2 aromatic rings. The van der Waals surface area contributed by atoms with Gasteiger partial charge in [-0.1, -0.05) is 65.3 Å². The summed E-state index contributed by atoms with van der Waals surface area (Å²) in [5.41, 5.74) is 13.3. The summed E-state index contributed by atoms with van der Waals surface area (Å²) in [7, 11) is 0. The number of nitrogens with two attached hydrogens (primary N) is 2. The second kappa shape index (κ2) is 17.9. The molecular weight excluding hydrogens is 605 g/mol. The highest BCUT2D eigenvalue weighted by Gasteiger charge is 2.28. The van der Waals surface area contributed by atoms with Gasteiger partial charge in [0, 0.05) is 41.5 Å². The molecule has 3 unspecified atom stereocenters. The number of thioether (sulfide) groups is 1. The third kappa shape index (κ3) is 11.7. The molecule has 0 spiro atoms. The lowest BCUT2D eigenvalue weighted by Crippen LogP contribution is -2.44. The Bertz CT molecular complexity index is 1260. The van der Waals surface area contributed by atoms with Gasteiger partial charge in [0.15, 0.2) is 10.9 Å². The van der Waals surface area contributed by atoms with Gasteiger partial charge in [-0.3, -0.25) is 24.0 Å². The van der Waals surface area contributed by atoms with Crippen LogP contribution in [0.3, 0.4) is 0 Å². The average Bonchev–Trinajstić information content (AvgIpc) is 2.94. The van der Waals surface area contributed by atoms with Crippen LogP contribution in [-0.4, -0.2) is 63.3 Å². The molecule has 0 aromatic heterocycles. The molecule has 0 bridgehead atoms. The van der Waals surface area contributed by atoms with E-state index >= 15 is 0 Å². The fourth-order valence-corrected chi connectivity index (χ4v) is 5.54. The van der Waals surface area contributed by atoms with Crippen LogP contribution in [-0.2, 0) is 36.8 Å². The third-order valence-corrected chi connectivity index (χ3v) is 8.24. The Morgan fingerprint density at radius 3 is 2.14 bits per heavy atom. The Hall–Kier alpha value is -2.96. The van der Waals surface area contributed by atoms with Crippen molar-refractivity contribution in [3.63, 3.8) is 0 Å². The fraction of sp³-hybridized carbons (Fsp3) is 0.414. The summed E-state index contributed by atoms with van der Waals surface area (Å²) in [5, 5.41) is 21.8. The van der Waals surface area contributed by atoms with Gasteiger partial charge in [0.1, 0.15) is 6.04 Å². The summed E-state index contributed by atoms with van der Waals surface area (Å²) in [6, 6.07) is 10.1. The van der Waals surface area contributed by atoms with E-state index in [-0.39, 0.29) is 49.5 Å². The second-order valence-corrected chi connectivity index (χ2v) is 11.6. The predicted molar refractivity (Wildman–Crippen MR) is 163 cm³/mol. The summed E-state index contributed by atoms with van der Waals surface area (Å²) in [4.78, 5) is 61.3. The smallest absolute Gasteiger partial charge is 0.320 e. The number of carboxylic acid groups (broad SMARTS) is 2. The number of amides is 1. The Balaban J connectivity index is 2.13. The normalized spacial score (nSPS) is 13.1. The van der Waals surface area contributed by atoms with Gasteiger partial charge >= 0.3 is 11.9 Å². The number of carbonyl (C=O) groups is 5. The number of ketones is 1. The molecule has 0 aliphatic heterocycles. The lowest BCUT2D eigenvalue weighted by atomic mass is 9.94. The minimum atomic E-state index is -1.27. The van der Waals surface area contributed by atoms with Gasteiger partial charge < -0.3 is 27.0 Å². The van der Waals surface area contributed by atoms with E-state index in [2.05, 4.69) is 5.32 Å². The quantitative estimate of drug-likeness (QED) is 0.161. The standard InChI is InChI=1S/C29H35Cl2N3O7S/c30-21-8-3-9-22(31)20(21)13-17-5-1-2-6-18(17)15-27(37)42-16-24(34-26(36)11-10-23(33)29(40)41)25(35)14-19(28(38)39)7-4-12-32/h1-3,5-6,8-9,19,23-24H,4,7,10-16,32-33H2,(H,34,36)(H,38,39)(H,40,41). The van der Waals surface area contributed by atoms with Crippen LogP contribution in [0.15, 0.2) is 42.5 Å². The lowest BCUT2D eigenvalue weighted by molar-refractivity contribution is -0.144. The van der Waals surface area contributed by atoms with E-state index in [1.807, 2.05) is 18.2 Å². The van der Waals surface area contributed by atoms with Crippen molar-refractivity contribution in [2.75, 3.05) is 12.3 Å². The van der Waals surface area contributed by atoms with E-state index in [1.54, 1.807) is 24.3 Å². The average molecular weight is 641 g/mol. The monoisotopic (exact) mass is 639 g/mol. The zero-order valence-corrected chi connectivity index (χ0v) is 25.2. The van der Waals surface area contributed by atoms with Gasteiger partial charge in [0.25, 0.3) is 0 Å². The second-order valence-electron chi connectivity index (χ2n) is 9.75. The lowest BCUT2D eigenvalue weighted by Gasteiger charge is -2.20. The summed E-state index contributed by atoms with van der Waals surface area (Å²) in [6.07, 6.45) is 0.245. The van der Waals surface area contributed by atoms with Gasteiger partial charge in [-0.2, -0.15) is 0 Å². The highest BCUT2D eigenvalue weighted by molar-refractivity contribution is 8.13. The maximum absolute atomic E-state index is 13.1. The zero-order chi connectivity index (χ0) is 31.2. The molecule has 0 heterocycles. The van der Waals surface area contributed by atoms with Crippen molar-refractivity contribution >= 4 is 63.7 Å². The van der Waals surface area contributed by atoms with Crippen molar-refractivity contribution in [2.24, 2.45) is 17.4 Å². The number of Topliss-reactive ketones (excluding diaryl/α,β-unsaturated/α-hetero) is 1. The molecule has 13 heteroatoms. The van der Waals surface area contributed by atoms with Crippen LogP contribution >= 0.6 is 35.0 Å². The molecule has 228 valence electrons. The first kappa shape index (κ1) is 35.2. The maximum atomic E-state index is 13.1. The first-order valence-electron chi connectivity index (χ1n) is 13.3. The fourth-order valence-electron chi connectivity index (χ4n) is 4.13. The Morgan fingerprint density at radius 1 is 0.905 bits per heavy atom. The number of aliphatic carboxylic acids is 2. The van der Waals surface area contributed by atoms with Crippen molar-refractivity contribution in [2.45, 2.75) is 57.0 Å². The van der Waals surface area contributed by atoms with Gasteiger partial charge in [0.2, 0.25) is 5.91 Å². The number of halogens is 2. The van der Waals surface area contributed by atoms with Gasteiger partial charge in [-0.05, 0) is 54.6 Å². The molecule has 0 radical (unpaired) electrons. The van der Waals surface area contributed by atoms with Crippen molar-refractivity contribution in [3.8, 4) is 0 Å². The third-order valence-electron chi connectivity index (χ3n) is 6.57. The number of hydrogen-bond donors (Lipinski definition) is 5. The van der Waals surface area contributed by atoms with Crippen LogP contribution in [0.5, 0.6) is 0 Å². The maximum Gasteiger partial charge on any atom is 0.320 e. The minimum Gasteiger partial charge on any atom is -0.481 e. The predicted octanol–water partition coefficient (Wildman–Crippen LogP) is 3.46. The SMILES string of the molecule is NCCCC(CC(=O)C(CSC(=O)Cc1ccccc1Cc1c(Cl)cccc1Cl)NC(=O)CCC(N)C(=O)O)C(=O)O. The first-order chi connectivity index (χ1) is 19.9. The van der Waals surface area contributed by atoms with Crippen LogP contribution in [0.1, 0.15) is 48.8 Å². The highest BCUT2D eigenvalue weighted by Crippen LogP contribution is 2.28. The minimum absolute atomic E-state index is 0.0273. The van der Waals surface area contributed by atoms with E-state index in [0.717, 1.165) is 28.5 Å². The highest BCUT2D eigenvalue weighted by atomic mass is 35.5. The molecule has 0 saturated heterocycles. The van der Waals surface area contributed by atoms with Crippen LogP contribution in [0.25, 0.3) is 0 Å². The molecule has 0 fully saturated rings. The summed E-state index contributed by atoms with van der Waals surface area (Å²) < 4.78 is 0. The van der Waals surface area contributed by atoms with Gasteiger partial charge in [0.05, 0.1) is 12.0 Å². The van der Waals surface area contributed by atoms with E-state index in [4.69, 9.17) is 39.8 Å².